The van der Waals surface area contributed by atoms with Crippen LogP contribution in [0.2, 0.25) is 5.02 Å². The zero-order valence-corrected chi connectivity index (χ0v) is 13.9. The maximum absolute atomic E-state index is 6.14. The fourth-order valence-electron chi connectivity index (χ4n) is 1.79. The summed E-state index contributed by atoms with van der Waals surface area (Å²) in [4.78, 5) is 0. The summed E-state index contributed by atoms with van der Waals surface area (Å²) in [6, 6.07) is 5.73. The number of rotatable bonds is 2. The summed E-state index contributed by atoms with van der Waals surface area (Å²) < 4.78 is 12.8. The van der Waals surface area contributed by atoms with Gasteiger partial charge in [-0.05, 0) is 51.5 Å². The smallest absolute Gasteiger partial charge is 0.400 e. The Bertz CT molecular complexity index is 498. The first-order chi connectivity index (χ1) is 8.71. The predicted octanol–water partition coefficient (Wildman–Crippen LogP) is 4.75. The lowest BCUT2D eigenvalue weighted by Gasteiger charge is -2.32. The fourth-order valence-corrected chi connectivity index (χ4v) is 2.35. The quantitative estimate of drug-likeness (QED) is 0.722. The van der Waals surface area contributed by atoms with Gasteiger partial charge < -0.3 is 9.31 Å². The second kappa shape index (κ2) is 5.25. The van der Waals surface area contributed by atoms with Crippen molar-refractivity contribution in [1.29, 1.82) is 0 Å². The lowest BCUT2D eigenvalue weighted by atomic mass is 9.89. The molecule has 19 heavy (non-hydrogen) atoms. The van der Waals surface area contributed by atoms with Gasteiger partial charge in [-0.25, -0.2) is 0 Å². The van der Waals surface area contributed by atoms with Crippen LogP contribution in [0.15, 0.2) is 28.6 Å². The molecule has 0 N–H and O–H groups in total. The van der Waals surface area contributed by atoms with Gasteiger partial charge in [0.05, 0.1) is 11.2 Å². The SMILES string of the molecule is CC1(C)OB(/C=C/c2cc(Br)ccc2Cl)OC1(C)C. The van der Waals surface area contributed by atoms with Crippen LogP contribution in [0.3, 0.4) is 0 Å². The van der Waals surface area contributed by atoms with Crippen LogP contribution in [-0.4, -0.2) is 18.3 Å². The minimum atomic E-state index is -0.347. The highest BCUT2D eigenvalue weighted by atomic mass is 79.9. The van der Waals surface area contributed by atoms with Gasteiger partial charge in [-0.1, -0.05) is 39.6 Å². The van der Waals surface area contributed by atoms with E-state index in [2.05, 4.69) is 15.9 Å². The van der Waals surface area contributed by atoms with Crippen molar-refractivity contribution < 1.29 is 9.31 Å². The van der Waals surface area contributed by atoms with Crippen LogP contribution in [0.1, 0.15) is 33.3 Å². The molecular weight excluding hydrogens is 326 g/mol. The largest absolute Gasteiger partial charge is 0.487 e. The normalized spacial score (nSPS) is 21.3. The van der Waals surface area contributed by atoms with Gasteiger partial charge in [0.25, 0.3) is 0 Å². The van der Waals surface area contributed by atoms with E-state index in [9.17, 15) is 0 Å². The highest BCUT2D eigenvalue weighted by molar-refractivity contribution is 9.10. The van der Waals surface area contributed by atoms with Gasteiger partial charge in [0, 0.05) is 9.50 Å². The average molecular weight is 343 g/mol. The molecule has 0 aromatic heterocycles. The Morgan fingerprint density at radius 3 is 2.32 bits per heavy atom. The van der Waals surface area contributed by atoms with Gasteiger partial charge >= 0.3 is 7.12 Å². The third kappa shape index (κ3) is 3.25. The summed E-state index contributed by atoms with van der Waals surface area (Å²) in [5.74, 6) is 1.89. The zero-order valence-electron chi connectivity index (χ0n) is 11.5. The van der Waals surface area contributed by atoms with Gasteiger partial charge in [0.2, 0.25) is 0 Å². The van der Waals surface area contributed by atoms with Gasteiger partial charge in [-0.15, -0.1) is 0 Å². The Morgan fingerprint density at radius 1 is 1.16 bits per heavy atom. The van der Waals surface area contributed by atoms with Gasteiger partial charge in [-0.2, -0.15) is 0 Å². The van der Waals surface area contributed by atoms with Crippen LogP contribution in [0.4, 0.5) is 0 Å². The third-order valence-electron chi connectivity index (χ3n) is 3.66. The van der Waals surface area contributed by atoms with E-state index in [1.54, 1.807) is 0 Å². The second-order valence-electron chi connectivity index (χ2n) is 5.65. The lowest BCUT2D eigenvalue weighted by Crippen LogP contribution is -2.41. The number of hydrogen-bond acceptors (Lipinski definition) is 2. The molecule has 1 aliphatic heterocycles. The predicted molar refractivity (Wildman–Crippen MR) is 84.3 cm³/mol. The second-order valence-corrected chi connectivity index (χ2v) is 6.97. The van der Waals surface area contributed by atoms with Gasteiger partial charge in [0.15, 0.2) is 0 Å². The fraction of sp³-hybridized carbons (Fsp3) is 0.429. The summed E-state index contributed by atoms with van der Waals surface area (Å²) >= 11 is 9.57. The molecule has 0 aliphatic carbocycles. The molecule has 0 saturated carbocycles. The van der Waals surface area contributed by atoms with Crippen LogP contribution in [-0.2, 0) is 9.31 Å². The molecule has 2 rings (SSSR count). The van der Waals surface area contributed by atoms with E-state index in [4.69, 9.17) is 20.9 Å². The summed E-state index contributed by atoms with van der Waals surface area (Å²) in [6.07, 6.45) is 1.93. The van der Waals surface area contributed by atoms with Crippen molar-refractivity contribution in [3.8, 4) is 0 Å². The average Bonchev–Trinajstić information content (AvgIpc) is 2.49. The van der Waals surface area contributed by atoms with Crippen LogP contribution in [0.5, 0.6) is 0 Å². The molecule has 1 heterocycles. The molecular formula is C14H17BBrClO2. The Morgan fingerprint density at radius 2 is 1.74 bits per heavy atom. The maximum atomic E-state index is 6.14. The highest BCUT2D eigenvalue weighted by Gasteiger charge is 2.49. The van der Waals surface area contributed by atoms with E-state index in [0.29, 0.717) is 5.02 Å². The lowest BCUT2D eigenvalue weighted by molar-refractivity contribution is 0.00578. The summed E-state index contributed by atoms with van der Waals surface area (Å²) in [5, 5.41) is 0.705. The van der Waals surface area contributed by atoms with E-state index in [1.165, 1.54) is 0 Å². The Hall–Kier alpha value is -0.285. The molecule has 102 valence electrons. The molecule has 0 spiro atoms. The molecule has 0 unspecified atom stereocenters. The highest BCUT2D eigenvalue weighted by Crippen LogP contribution is 2.37. The topological polar surface area (TPSA) is 18.5 Å². The van der Waals surface area contributed by atoms with Crippen molar-refractivity contribution >= 4 is 40.7 Å². The molecule has 1 saturated heterocycles. The third-order valence-corrected chi connectivity index (χ3v) is 4.50. The van der Waals surface area contributed by atoms with E-state index in [-0.39, 0.29) is 18.3 Å². The van der Waals surface area contributed by atoms with Gasteiger partial charge in [-0.3, -0.25) is 0 Å². The van der Waals surface area contributed by atoms with Crippen molar-refractivity contribution in [2.45, 2.75) is 38.9 Å². The van der Waals surface area contributed by atoms with Crippen LogP contribution in [0.25, 0.3) is 6.08 Å². The van der Waals surface area contributed by atoms with Crippen LogP contribution >= 0.6 is 27.5 Å². The minimum Gasteiger partial charge on any atom is -0.400 e. The molecule has 2 nitrogen and oxygen atoms in total. The molecule has 0 atom stereocenters. The Kier molecular flexibility index (Phi) is 4.17. The van der Waals surface area contributed by atoms with Crippen LogP contribution < -0.4 is 0 Å². The summed E-state index contributed by atoms with van der Waals surface area (Å²) in [6.45, 7) is 8.14. The molecule has 0 bridgehead atoms. The van der Waals surface area contributed by atoms with Crippen molar-refractivity contribution in [2.75, 3.05) is 0 Å². The van der Waals surface area contributed by atoms with Crippen molar-refractivity contribution in [3.63, 3.8) is 0 Å². The van der Waals surface area contributed by atoms with Crippen molar-refractivity contribution in [2.24, 2.45) is 0 Å². The Balaban J connectivity index is 2.15. The zero-order chi connectivity index (χ0) is 14.3. The standard InChI is InChI=1S/C14H17BBrClO2/c1-13(2)14(3,4)19-15(18-13)8-7-10-9-11(16)5-6-12(10)17/h5-9H,1-4H3/b8-7+. The van der Waals surface area contributed by atoms with E-state index in [0.717, 1.165) is 10.0 Å². The molecule has 1 aromatic rings. The molecule has 5 heteroatoms. The minimum absolute atomic E-state index is 0.316. The van der Waals surface area contributed by atoms with E-state index < -0.39 is 0 Å². The first-order valence-corrected chi connectivity index (χ1v) is 7.37. The van der Waals surface area contributed by atoms with E-state index >= 15 is 0 Å². The molecule has 1 fully saturated rings. The van der Waals surface area contributed by atoms with Gasteiger partial charge in [0.1, 0.15) is 0 Å². The monoisotopic (exact) mass is 342 g/mol. The number of hydrogen-bond donors (Lipinski definition) is 0. The summed E-state index contributed by atoms with van der Waals surface area (Å²) in [7, 11) is -0.347. The van der Waals surface area contributed by atoms with Crippen molar-refractivity contribution in [1.82, 2.24) is 0 Å². The molecule has 1 aromatic carbocycles. The molecule has 0 radical (unpaired) electrons. The number of halogens is 2. The van der Waals surface area contributed by atoms with E-state index in [1.807, 2.05) is 57.9 Å². The maximum Gasteiger partial charge on any atom is 0.487 e. The van der Waals surface area contributed by atoms with Crippen LogP contribution in [0, 0.1) is 0 Å². The molecule has 0 amide bonds. The first kappa shape index (κ1) is 15.1. The molecule has 1 aliphatic rings. The van der Waals surface area contributed by atoms with Crippen molar-refractivity contribution in [3.05, 3.63) is 39.2 Å². The summed E-state index contributed by atoms with van der Waals surface area (Å²) in [5.41, 5.74) is 0.303. The Labute approximate surface area is 128 Å². The number of benzene rings is 1. The first-order valence-electron chi connectivity index (χ1n) is 6.20.